The van der Waals surface area contributed by atoms with Crippen molar-refractivity contribution >= 4 is 5.91 Å². The van der Waals surface area contributed by atoms with E-state index >= 15 is 0 Å². The zero-order valence-corrected chi connectivity index (χ0v) is 8.26. The smallest absolute Gasteiger partial charge is 0.235 e. The molecule has 0 aromatic rings. The number of amides is 1. The molecule has 0 aliphatic carbocycles. The third kappa shape index (κ3) is 3.08. The summed E-state index contributed by atoms with van der Waals surface area (Å²) in [7, 11) is 2.05. The van der Waals surface area contributed by atoms with Gasteiger partial charge < -0.3 is 4.90 Å². The molecule has 1 atom stereocenters. The Morgan fingerprint density at radius 2 is 2.38 bits per heavy atom. The van der Waals surface area contributed by atoms with Gasteiger partial charge in [0.15, 0.2) is 0 Å². The van der Waals surface area contributed by atoms with Crippen molar-refractivity contribution in [2.45, 2.75) is 19.8 Å². The molecular weight excluding hydrogens is 164 g/mol. The molecule has 1 fully saturated rings. The van der Waals surface area contributed by atoms with Crippen molar-refractivity contribution in [2.24, 2.45) is 5.92 Å². The lowest BCUT2D eigenvalue weighted by Gasteiger charge is -2.27. The highest BCUT2D eigenvalue weighted by Gasteiger charge is 2.22. The summed E-state index contributed by atoms with van der Waals surface area (Å²) >= 11 is 0. The molecule has 0 aromatic heterocycles. The van der Waals surface area contributed by atoms with Crippen molar-refractivity contribution in [3.8, 4) is 12.0 Å². The van der Waals surface area contributed by atoms with Gasteiger partial charge >= 0.3 is 0 Å². The Balaban J connectivity index is 2.40. The van der Waals surface area contributed by atoms with E-state index in [1.807, 2.05) is 7.05 Å². The van der Waals surface area contributed by atoms with E-state index in [1.54, 1.807) is 6.92 Å². The minimum Gasteiger partial charge on any atom is -0.306 e. The van der Waals surface area contributed by atoms with E-state index < -0.39 is 0 Å². The molecule has 1 aliphatic heterocycles. The second kappa shape index (κ2) is 4.88. The van der Waals surface area contributed by atoms with Gasteiger partial charge in [0, 0.05) is 12.6 Å². The van der Waals surface area contributed by atoms with Crippen LogP contribution in [0.1, 0.15) is 19.8 Å². The maximum absolute atomic E-state index is 11.5. The Morgan fingerprint density at radius 1 is 1.62 bits per heavy atom. The fourth-order valence-corrected chi connectivity index (χ4v) is 1.61. The van der Waals surface area contributed by atoms with Gasteiger partial charge in [-0.15, -0.1) is 0 Å². The number of carbonyl (C=O) groups excluding carboxylic acids is 1. The molecule has 0 saturated carbocycles. The van der Waals surface area contributed by atoms with Gasteiger partial charge in [0.2, 0.25) is 5.91 Å². The van der Waals surface area contributed by atoms with Gasteiger partial charge in [-0.25, -0.2) is 0 Å². The highest BCUT2D eigenvalue weighted by molar-refractivity contribution is 5.80. The summed E-state index contributed by atoms with van der Waals surface area (Å²) in [6.45, 7) is 3.67. The normalized spacial score (nSPS) is 23.1. The van der Waals surface area contributed by atoms with Gasteiger partial charge in [0.05, 0.1) is 5.92 Å². The summed E-state index contributed by atoms with van der Waals surface area (Å²) in [6, 6.07) is 2.59. The zero-order valence-electron chi connectivity index (χ0n) is 8.26. The van der Waals surface area contributed by atoms with Crippen molar-refractivity contribution in [1.29, 1.82) is 0 Å². The lowest BCUT2D eigenvalue weighted by Crippen LogP contribution is -2.40. The fourth-order valence-electron chi connectivity index (χ4n) is 1.61. The van der Waals surface area contributed by atoms with Gasteiger partial charge in [0.1, 0.15) is 0 Å². The van der Waals surface area contributed by atoms with Gasteiger partial charge in [-0.3, -0.25) is 10.1 Å². The molecule has 3 heteroatoms. The Hall–Kier alpha value is -1.01. The van der Waals surface area contributed by atoms with Crippen LogP contribution >= 0.6 is 0 Å². The first-order chi connectivity index (χ1) is 6.24. The predicted molar refractivity (Wildman–Crippen MR) is 51.8 cm³/mol. The number of piperidine rings is 1. The summed E-state index contributed by atoms with van der Waals surface area (Å²) in [5.74, 6) is 2.85. The highest BCUT2D eigenvalue weighted by Crippen LogP contribution is 2.14. The van der Waals surface area contributed by atoms with Crippen LogP contribution in [0.25, 0.3) is 0 Å². The minimum absolute atomic E-state index is 0.0703. The van der Waals surface area contributed by atoms with E-state index in [4.69, 9.17) is 0 Å². The second-order valence-electron chi connectivity index (χ2n) is 3.47. The van der Waals surface area contributed by atoms with Crippen LogP contribution in [0.5, 0.6) is 0 Å². The fraction of sp³-hybridized carbons (Fsp3) is 0.700. The van der Waals surface area contributed by atoms with Crippen molar-refractivity contribution in [2.75, 3.05) is 20.1 Å². The van der Waals surface area contributed by atoms with Crippen LogP contribution in [0.15, 0.2) is 0 Å². The molecule has 72 valence electrons. The predicted octanol–water partition coefficient (Wildman–Crippen LogP) is 0.425. The lowest BCUT2D eigenvalue weighted by molar-refractivity contribution is -0.125. The molecule has 0 bridgehead atoms. The first-order valence-corrected chi connectivity index (χ1v) is 4.64. The third-order valence-corrected chi connectivity index (χ3v) is 2.31. The van der Waals surface area contributed by atoms with Crippen LogP contribution in [-0.2, 0) is 4.79 Å². The molecule has 1 amide bonds. The number of likely N-dealkylation sites (tertiary alicyclic amines) is 1. The minimum atomic E-state index is 0.0703. The summed E-state index contributed by atoms with van der Waals surface area (Å²) in [5.41, 5.74) is 0. The number of nitrogens with one attached hydrogen (secondary N) is 1. The molecule has 0 spiro atoms. The number of carbonyl (C=O) groups is 1. The van der Waals surface area contributed by atoms with E-state index in [2.05, 4.69) is 22.2 Å². The first kappa shape index (κ1) is 10.1. The molecule has 1 rings (SSSR count). The molecule has 0 aromatic carbocycles. The summed E-state index contributed by atoms with van der Waals surface area (Å²) in [4.78, 5) is 13.6. The largest absolute Gasteiger partial charge is 0.306 e. The summed E-state index contributed by atoms with van der Waals surface area (Å²) in [6.07, 6.45) is 2.09. The van der Waals surface area contributed by atoms with Gasteiger partial charge in [-0.05, 0) is 33.4 Å². The van der Waals surface area contributed by atoms with Crippen molar-refractivity contribution < 1.29 is 4.79 Å². The third-order valence-electron chi connectivity index (χ3n) is 2.31. The summed E-state index contributed by atoms with van der Waals surface area (Å²) in [5, 5.41) is 2.60. The molecule has 1 unspecified atom stereocenters. The maximum atomic E-state index is 11.5. The average molecular weight is 180 g/mol. The molecule has 13 heavy (non-hydrogen) atoms. The second-order valence-corrected chi connectivity index (χ2v) is 3.47. The number of hydrogen-bond donors (Lipinski definition) is 1. The highest BCUT2D eigenvalue weighted by atomic mass is 16.1. The maximum Gasteiger partial charge on any atom is 0.235 e. The number of rotatable bonds is 1. The monoisotopic (exact) mass is 180 g/mol. The molecule has 1 heterocycles. The Labute approximate surface area is 79.5 Å². The Kier molecular flexibility index (Phi) is 3.78. The van der Waals surface area contributed by atoms with Crippen molar-refractivity contribution in [3.63, 3.8) is 0 Å². The zero-order chi connectivity index (χ0) is 9.68. The van der Waals surface area contributed by atoms with Gasteiger partial charge in [-0.2, -0.15) is 0 Å². The summed E-state index contributed by atoms with van der Waals surface area (Å²) < 4.78 is 0. The van der Waals surface area contributed by atoms with Crippen molar-refractivity contribution in [3.05, 3.63) is 0 Å². The Bertz CT molecular complexity index is 239. The Morgan fingerprint density at radius 3 is 3.00 bits per heavy atom. The van der Waals surface area contributed by atoms with E-state index in [0.717, 1.165) is 25.9 Å². The molecule has 1 saturated heterocycles. The van der Waals surface area contributed by atoms with Gasteiger partial charge in [-0.1, -0.05) is 5.92 Å². The molecule has 1 N–H and O–H groups in total. The number of hydrogen-bond acceptors (Lipinski definition) is 2. The average Bonchev–Trinajstić information content (AvgIpc) is 2.14. The molecule has 0 radical (unpaired) electrons. The molecule has 1 aliphatic rings. The standard InChI is InChI=1S/C10H16N2O/c1-3-6-11-10(13)9-5-4-7-12(2)8-9/h9H,4-5,7-8H2,1-2H3,(H,11,13). The topological polar surface area (TPSA) is 32.3 Å². The van der Waals surface area contributed by atoms with E-state index in [1.165, 1.54) is 0 Å². The first-order valence-electron chi connectivity index (χ1n) is 4.64. The van der Waals surface area contributed by atoms with Crippen molar-refractivity contribution in [1.82, 2.24) is 10.2 Å². The van der Waals surface area contributed by atoms with Crippen LogP contribution in [-0.4, -0.2) is 30.9 Å². The molecular formula is C10H16N2O. The van der Waals surface area contributed by atoms with E-state index in [-0.39, 0.29) is 11.8 Å². The lowest BCUT2D eigenvalue weighted by atomic mass is 9.98. The van der Waals surface area contributed by atoms with Gasteiger partial charge in [0.25, 0.3) is 0 Å². The van der Waals surface area contributed by atoms with Crippen LogP contribution in [0, 0.1) is 17.9 Å². The number of nitrogens with zero attached hydrogens (tertiary/aromatic N) is 1. The van der Waals surface area contributed by atoms with Crippen LogP contribution in [0.4, 0.5) is 0 Å². The quantitative estimate of drug-likeness (QED) is 0.468. The van der Waals surface area contributed by atoms with Crippen LogP contribution in [0.2, 0.25) is 0 Å². The van der Waals surface area contributed by atoms with E-state index in [9.17, 15) is 4.79 Å². The van der Waals surface area contributed by atoms with Crippen LogP contribution in [0.3, 0.4) is 0 Å². The van der Waals surface area contributed by atoms with E-state index in [0.29, 0.717) is 0 Å². The van der Waals surface area contributed by atoms with Crippen LogP contribution < -0.4 is 5.32 Å². The molecule has 3 nitrogen and oxygen atoms in total. The SMILES string of the molecule is CC#CNC(=O)C1CCCN(C)C1.